The Bertz CT molecular complexity index is 1410. The third-order valence-corrected chi connectivity index (χ3v) is 6.85. The van der Waals surface area contributed by atoms with Crippen LogP contribution in [-0.2, 0) is 19.6 Å². The van der Waals surface area contributed by atoms with Crippen LogP contribution in [-0.4, -0.2) is 52.0 Å². The van der Waals surface area contributed by atoms with Crippen LogP contribution in [0.25, 0.3) is 0 Å². The van der Waals surface area contributed by atoms with Gasteiger partial charge in [-0.05, 0) is 80.1 Å². The summed E-state index contributed by atoms with van der Waals surface area (Å²) < 4.78 is 36.8. The number of hydrazone groups is 1. The third-order valence-electron chi connectivity index (χ3n) is 5.28. The first kappa shape index (κ1) is 29.5. The number of hydrogen-bond acceptors (Lipinski definition) is 7. The van der Waals surface area contributed by atoms with Crippen molar-refractivity contribution in [2.45, 2.75) is 19.9 Å². The average Bonchev–Trinajstić information content (AvgIpc) is 2.90. The number of anilines is 2. The number of nitrogens with zero attached hydrogens (tertiary/aromatic N) is 2. The van der Waals surface area contributed by atoms with E-state index in [4.69, 9.17) is 21.1 Å². The van der Waals surface area contributed by atoms with Crippen LogP contribution in [0.5, 0.6) is 11.5 Å². The highest BCUT2D eigenvalue weighted by Crippen LogP contribution is 2.24. The van der Waals surface area contributed by atoms with Gasteiger partial charge in [0.2, 0.25) is 10.0 Å². The van der Waals surface area contributed by atoms with E-state index in [-0.39, 0.29) is 12.5 Å². The fourth-order valence-electron chi connectivity index (χ4n) is 3.48. The van der Waals surface area contributed by atoms with E-state index in [1.165, 1.54) is 13.1 Å². The van der Waals surface area contributed by atoms with Gasteiger partial charge in [-0.15, -0.1) is 0 Å². The van der Waals surface area contributed by atoms with Crippen molar-refractivity contribution >= 4 is 51.0 Å². The summed E-state index contributed by atoms with van der Waals surface area (Å²) in [4.78, 5) is 24.8. The molecule has 0 saturated carbocycles. The van der Waals surface area contributed by atoms with E-state index in [1.807, 2.05) is 6.92 Å². The van der Waals surface area contributed by atoms with Crippen molar-refractivity contribution in [2.75, 3.05) is 29.1 Å². The van der Waals surface area contributed by atoms with E-state index in [0.717, 1.165) is 10.6 Å². The summed E-state index contributed by atoms with van der Waals surface area (Å²) in [6.07, 6.45) is 2.43. The highest BCUT2D eigenvalue weighted by molar-refractivity contribution is 7.92. The number of amides is 2. The minimum Gasteiger partial charge on any atom is -0.494 e. The Kier molecular flexibility index (Phi) is 10.3. The first-order valence-corrected chi connectivity index (χ1v) is 14.1. The van der Waals surface area contributed by atoms with Gasteiger partial charge in [0.25, 0.3) is 11.8 Å². The van der Waals surface area contributed by atoms with E-state index in [2.05, 4.69) is 15.8 Å². The van der Waals surface area contributed by atoms with E-state index >= 15 is 0 Å². The average molecular weight is 573 g/mol. The van der Waals surface area contributed by atoms with Gasteiger partial charge in [0.1, 0.15) is 17.5 Å². The summed E-state index contributed by atoms with van der Waals surface area (Å²) >= 11 is 6.03. The molecule has 0 fully saturated rings. The molecule has 0 heterocycles. The van der Waals surface area contributed by atoms with Crippen LogP contribution in [0.15, 0.2) is 77.9 Å². The Morgan fingerprint density at radius 1 is 1.00 bits per heavy atom. The molecule has 0 bridgehead atoms. The molecule has 1 atom stereocenters. The fourth-order valence-corrected chi connectivity index (χ4v) is 4.83. The van der Waals surface area contributed by atoms with E-state index in [9.17, 15) is 18.0 Å². The molecule has 0 aromatic heterocycles. The van der Waals surface area contributed by atoms with Crippen molar-refractivity contribution in [1.82, 2.24) is 5.43 Å². The lowest BCUT2D eigenvalue weighted by molar-refractivity contribution is -0.121. The Morgan fingerprint density at radius 3 is 2.23 bits per heavy atom. The second kappa shape index (κ2) is 13.6. The summed E-state index contributed by atoms with van der Waals surface area (Å²) in [5.74, 6) is 0.0699. The number of ether oxygens (including phenoxy) is 2. The number of rotatable bonds is 12. The highest BCUT2D eigenvalue weighted by atomic mass is 35.5. The zero-order chi connectivity index (χ0) is 28.4. The van der Waals surface area contributed by atoms with Crippen LogP contribution >= 0.6 is 11.6 Å². The SMILES string of the molecule is CCOc1ccc(N([C@@H](C)C(=O)NN=Cc2ccc(OCC(=O)Nc3ccccc3Cl)cc2)S(C)(=O)=O)cc1. The molecule has 2 N–H and O–H groups in total. The first-order chi connectivity index (χ1) is 18.6. The minimum absolute atomic E-state index is 0.211. The van der Waals surface area contributed by atoms with Gasteiger partial charge in [-0.25, -0.2) is 13.8 Å². The molecule has 2 amide bonds. The van der Waals surface area contributed by atoms with Gasteiger partial charge < -0.3 is 14.8 Å². The normalized spacial score (nSPS) is 12.0. The molecule has 10 nitrogen and oxygen atoms in total. The van der Waals surface area contributed by atoms with Crippen LogP contribution in [0.3, 0.4) is 0 Å². The Labute approximate surface area is 232 Å². The van der Waals surface area contributed by atoms with Crippen molar-refractivity contribution < 1.29 is 27.5 Å². The number of carbonyl (C=O) groups excluding carboxylic acids is 2. The third kappa shape index (κ3) is 8.72. The maximum Gasteiger partial charge on any atom is 0.263 e. The van der Waals surface area contributed by atoms with Crippen LogP contribution in [0.1, 0.15) is 19.4 Å². The highest BCUT2D eigenvalue weighted by Gasteiger charge is 2.29. The van der Waals surface area contributed by atoms with Crippen molar-refractivity contribution in [3.63, 3.8) is 0 Å². The molecule has 3 aromatic rings. The second-order valence-corrected chi connectivity index (χ2v) is 10.5. The maximum absolute atomic E-state index is 12.7. The quantitative estimate of drug-likeness (QED) is 0.249. The lowest BCUT2D eigenvalue weighted by atomic mass is 10.2. The molecular formula is C27H29ClN4O6S. The largest absolute Gasteiger partial charge is 0.494 e. The minimum atomic E-state index is -3.77. The molecular weight excluding hydrogens is 544 g/mol. The maximum atomic E-state index is 12.7. The monoisotopic (exact) mass is 572 g/mol. The number of para-hydroxylation sites is 1. The van der Waals surface area contributed by atoms with E-state index in [1.54, 1.807) is 72.8 Å². The van der Waals surface area contributed by atoms with Crippen molar-refractivity contribution in [3.05, 3.63) is 83.4 Å². The topological polar surface area (TPSA) is 126 Å². The van der Waals surface area contributed by atoms with Crippen molar-refractivity contribution in [3.8, 4) is 11.5 Å². The molecule has 12 heteroatoms. The van der Waals surface area contributed by atoms with E-state index in [0.29, 0.717) is 40.1 Å². The number of halogens is 1. The molecule has 0 spiro atoms. The number of benzene rings is 3. The van der Waals surface area contributed by atoms with Gasteiger partial charge in [0, 0.05) is 0 Å². The molecule has 0 aliphatic heterocycles. The van der Waals surface area contributed by atoms with Crippen molar-refractivity contribution in [2.24, 2.45) is 5.10 Å². The summed E-state index contributed by atoms with van der Waals surface area (Å²) in [7, 11) is -3.77. The van der Waals surface area contributed by atoms with Crippen LogP contribution in [0, 0.1) is 0 Å². The van der Waals surface area contributed by atoms with Gasteiger partial charge in [-0.3, -0.25) is 13.9 Å². The number of hydrogen-bond donors (Lipinski definition) is 2. The Hall–Kier alpha value is -4.09. The second-order valence-electron chi connectivity index (χ2n) is 8.28. The molecule has 3 aromatic carbocycles. The number of sulfonamides is 1. The Morgan fingerprint density at radius 2 is 1.62 bits per heavy atom. The van der Waals surface area contributed by atoms with E-state index < -0.39 is 22.0 Å². The molecule has 0 aliphatic rings. The molecule has 0 saturated heterocycles. The predicted octanol–water partition coefficient (Wildman–Crippen LogP) is 4.06. The van der Waals surface area contributed by atoms with Crippen molar-refractivity contribution in [1.29, 1.82) is 0 Å². The zero-order valence-corrected chi connectivity index (χ0v) is 23.2. The smallest absolute Gasteiger partial charge is 0.263 e. The van der Waals surface area contributed by atoms with Gasteiger partial charge in [0.05, 0.1) is 35.5 Å². The molecule has 206 valence electrons. The van der Waals surface area contributed by atoms with Gasteiger partial charge in [0.15, 0.2) is 6.61 Å². The summed E-state index contributed by atoms with van der Waals surface area (Å²) in [6, 6.07) is 18.9. The van der Waals surface area contributed by atoms with Crippen LogP contribution in [0.2, 0.25) is 5.02 Å². The molecule has 0 aliphatic carbocycles. The van der Waals surface area contributed by atoms with Gasteiger partial charge >= 0.3 is 0 Å². The number of nitrogens with one attached hydrogen (secondary N) is 2. The van der Waals surface area contributed by atoms with Gasteiger partial charge in [-0.2, -0.15) is 5.10 Å². The standard InChI is InChI=1S/C27H29ClN4O6S/c1-4-37-22-15-11-21(12-16-22)32(39(3,35)36)19(2)27(34)31-29-17-20-9-13-23(14-10-20)38-18-26(33)30-25-8-6-5-7-24(25)28/h5-17,19H,4,18H2,1-3H3,(H,30,33)(H,31,34)/t19-/m0/s1. The van der Waals surface area contributed by atoms with Crippen LogP contribution in [0.4, 0.5) is 11.4 Å². The predicted molar refractivity (Wildman–Crippen MR) is 152 cm³/mol. The Balaban J connectivity index is 1.54. The summed E-state index contributed by atoms with van der Waals surface area (Å²) in [5, 5.41) is 7.03. The molecule has 0 unspecified atom stereocenters. The summed E-state index contributed by atoms with van der Waals surface area (Å²) in [6.45, 7) is 3.58. The molecule has 3 rings (SSSR count). The fraction of sp³-hybridized carbons (Fsp3) is 0.222. The number of carbonyl (C=O) groups is 2. The lowest BCUT2D eigenvalue weighted by Gasteiger charge is -2.27. The molecule has 0 radical (unpaired) electrons. The first-order valence-electron chi connectivity index (χ1n) is 11.9. The zero-order valence-electron chi connectivity index (χ0n) is 21.6. The molecule has 39 heavy (non-hydrogen) atoms. The van der Waals surface area contributed by atoms with Crippen LogP contribution < -0.4 is 24.5 Å². The summed E-state index contributed by atoms with van der Waals surface area (Å²) in [5.41, 5.74) is 3.83. The van der Waals surface area contributed by atoms with Gasteiger partial charge in [-0.1, -0.05) is 23.7 Å². The lowest BCUT2D eigenvalue weighted by Crippen LogP contribution is -2.46.